The van der Waals surface area contributed by atoms with Crippen LogP contribution < -0.4 is 10.5 Å². The molecule has 216 valence electrons. The number of nitrogens with two attached hydrogens (primary N) is 1. The van der Waals surface area contributed by atoms with Gasteiger partial charge in [0.05, 0.1) is 11.6 Å². The highest BCUT2D eigenvalue weighted by atomic mass is 16.5. The summed E-state index contributed by atoms with van der Waals surface area (Å²) in [4.78, 5) is 43.5. The molecule has 11 nitrogen and oxygen atoms in total. The number of primary amides is 1. The molecule has 0 bridgehead atoms. The number of ether oxygens (including phenoxy) is 1. The molecule has 41 heavy (non-hydrogen) atoms. The standard InChI is InChI=1S/C30H33N3O8/c1-32(2)22-18-13-14-12-17-20(24(35)19(14)27(37)30(18,40)28(38)21(25(22)36)29(31)39)23(34)15-6-3-4-7-16(15)26(17)41-11-10-33-8-5-9-33/h3-4,6-7,14,18,22,34,36-37,40H,5,8-13H2,1-2H3,(H2,31,39)/t14-,18-,22-,30-/m0/s1. The van der Waals surface area contributed by atoms with E-state index in [1.165, 1.54) is 4.90 Å². The van der Waals surface area contributed by atoms with E-state index in [9.17, 15) is 34.8 Å². The van der Waals surface area contributed by atoms with Gasteiger partial charge in [-0.2, -0.15) is 0 Å². The van der Waals surface area contributed by atoms with E-state index in [1.807, 2.05) is 12.1 Å². The van der Waals surface area contributed by atoms with Crippen molar-refractivity contribution in [1.82, 2.24) is 9.80 Å². The zero-order valence-electron chi connectivity index (χ0n) is 22.9. The Balaban J connectivity index is 1.51. The summed E-state index contributed by atoms with van der Waals surface area (Å²) in [7, 11) is 3.20. The van der Waals surface area contributed by atoms with Crippen molar-refractivity contribution >= 4 is 28.2 Å². The molecule has 0 spiro atoms. The van der Waals surface area contributed by atoms with Gasteiger partial charge in [0, 0.05) is 34.4 Å². The van der Waals surface area contributed by atoms with Crippen LogP contribution in [0.25, 0.3) is 10.8 Å². The molecule has 3 aliphatic carbocycles. The lowest BCUT2D eigenvalue weighted by Crippen LogP contribution is -2.63. The smallest absolute Gasteiger partial charge is 0.255 e. The van der Waals surface area contributed by atoms with E-state index < -0.39 is 58.0 Å². The van der Waals surface area contributed by atoms with Gasteiger partial charge in [-0.3, -0.25) is 24.2 Å². The zero-order chi connectivity index (χ0) is 29.4. The van der Waals surface area contributed by atoms with Crippen LogP contribution in [0.1, 0.15) is 28.8 Å². The van der Waals surface area contributed by atoms with E-state index in [4.69, 9.17) is 10.5 Å². The topological polar surface area (TPSA) is 174 Å². The molecule has 6 rings (SSSR count). The summed E-state index contributed by atoms with van der Waals surface area (Å²) in [6.07, 6.45) is 1.33. The Morgan fingerprint density at radius 1 is 1.15 bits per heavy atom. The van der Waals surface area contributed by atoms with E-state index in [-0.39, 0.29) is 29.7 Å². The number of hydrogen-bond donors (Lipinski definition) is 5. The summed E-state index contributed by atoms with van der Waals surface area (Å²) >= 11 is 0. The fourth-order valence-corrected chi connectivity index (χ4v) is 7.08. The number of Topliss-reactive ketones (excluding diaryl/α,β-unsaturated/α-hetero) is 2. The van der Waals surface area contributed by atoms with Gasteiger partial charge in [0.25, 0.3) is 5.91 Å². The van der Waals surface area contributed by atoms with Crippen molar-refractivity contribution in [2.75, 3.05) is 40.3 Å². The summed E-state index contributed by atoms with van der Waals surface area (Å²) in [5.41, 5.74) is 2.14. The van der Waals surface area contributed by atoms with Crippen LogP contribution in [0.3, 0.4) is 0 Å². The molecule has 2 aromatic rings. The normalized spacial score (nSPS) is 28.0. The minimum Gasteiger partial charge on any atom is -0.510 e. The third-order valence-electron chi connectivity index (χ3n) is 9.16. The molecule has 0 radical (unpaired) electrons. The highest BCUT2D eigenvalue weighted by molar-refractivity contribution is 6.25. The maximum absolute atomic E-state index is 14.1. The minimum atomic E-state index is -2.67. The monoisotopic (exact) mass is 563 g/mol. The number of carbonyl (C=O) groups is 3. The van der Waals surface area contributed by atoms with Crippen LogP contribution in [-0.4, -0.2) is 99.7 Å². The number of phenolic OH excluding ortho intramolecular Hbond substituents is 1. The third-order valence-corrected chi connectivity index (χ3v) is 9.16. The van der Waals surface area contributed by atoms with Crippen molar-refractivity contribution in [2.24, 2.45) is 17.6 Å². The first-order valence-electron chi connectivity index (χ1n) is 13.7. The van der Waals surface area contributed by atoms with Gasteiger partial charge in [-0.05, 0) is 52.4 Å². The van der Waals surface area contributed by atoms with Gasteiger partial charge in [-0.1, -0.05) is 24.3 Å². The van der Waals surface area contributed by atoms with Gasteiger partial charge in [0.2, 0.25) is 5.78 Å². The first-order valence-corrected chi connectivity index (χ1v) is 13.7. The Kier molecular flexibility index (Phi) is 6.36. The summed E-state index contributed by atoms with van der Waals surface area (Å²) < 4.78 is 6.30. The number of aromatic hydroxyl groups is 1. The molecule has 1 fully saturated rings. The van der Waals surface area contributed by atoms with Gasteiger partial charge in [-0.25, -0.2) is 0 Å². The van der Waals surface area contributed by atoms with Gasteiger partial charge in [-0.15, -0.1) is 0 Å². The number of rotatable bonds is 6. The maximum atomic E-state index is 14.1. The SMILES string of the molecule is CN(C)[C@@H]1C(O)=C(C(N)=O)C(=O)[C@@]2(O)C(O)=C3C(=O)c4c(c(OCCN5CCC5)c5ccccc5c4O)C[C@H]3C[C@@H]12. The Bertz CT molecular complexity index is 1570. The molecule has 6 N–H and O–H groups in total. The van der Waals surface area contributed by atoms with Crippen molar-refractivity contribution in [3.05, 3.63) is 58.1 Å². The predicted octanol–water partition coefficient (Wildman–Crippen LogP) is 1.36. The van der Waals surface area contributed by atoms with Crippen LogP contribution in [0.2, 0.25) is 0 Å². The highest BCUT2D eigenvalue weighted by Gasteiger charge is 2.63. The summed E-state index contributed by atoms with van der Waals surface area (Å²) in [5, 5.41) is 46.6. The van der Waals surface area contributed by atoms with Gasteiger partial charge in [0.15, 0.2) is 11.4 Å². The largest absolute Gasteiger partial charge is 0.510 e. The quantitative estimate of drug-likeness (QED) is 0.323. The molecule has 1 saturated heterocycles. The first kappa shape index (κ1) is 27.3. The number of likely N-dealkylation sites (tertiary alicyclic amines) is 1. The van der Waals surface area contributed by atoms with Crippen molar-refractivity contribution in [1.29, 1.82) is 0 Å². The number of nitrogens with zero attached hydrogens (tertiary/aromatic N) is 2. The molecular formula is C30H33N3O8. The van der Waals surface area contributed by atoms with Crippen molar-refractivity contribution in [2.45, 2.75) is 30.9 Å². The fraction of sp³-hybridized carbons (Fsp3) is 0.433. The predicted molar refractivity (Wildman–Crippen MR) is 148 cm³/mol. The molecule has 4 aliphatic rings. The number of likely N-dealkylation sites (N-methyl/N-ethyl adjacent to an activating group) is 1. The van der Waals surface area contributed by atoms with Crippen LogP contribution in [0.15, 0.2) is 46.9 Å². The molecule has 4 atom stereocenters. The molecule has 0 unspecified atom stereocenters. The molecular weight excluding hydrogens is 530 g/mol. The Hall–Kier alpha value is -3.93. The lowest BCUT2D eigenvalue weighted by Gasteiger charge is -2.50. The van der Waals surface area contributed by atoms with Gasteiger partial charge < -0.3 is 30.9 Å². The first-order chi connectivity index (χ1) is 19.5. The van der Waals surface area contributed by atoms with E-state index in [0.717, 1.165) is 19.5 Å². The molecule has 0 aromatic heterocycles. The minimum absolute atomic E-state index is 0.0204. The molecule has 11 heteroatoms. The number of ketones is 2. The van der Waals surface area contributed by atoms with Crippen molar-refractivity contribution < 1.29 is 39.5 Å². The van der Waals surface area contributed by atoms with Crippen molar-refractivity contribution in [3.63, 3.8) is 0 Å². The lowest BCUT2D eigenvalue weighted by atomic mass is 9.58. The highest BCUT2D eigenvalue weighted by Crippen LogP contribution is 2.54. The number of aliphatic hydroxyl groups is 3. The fourth-order valence-electron chi connectivity index (χ4n) is 7.08. The number of amides is 1. The van der Waals surface area contributed by atoms with Gasteiger partial charge >= 0.3 is 0 Å². The molecule has 1 amide bonds. The Morgan fingerprint density at radius 3 is 2.44 bits per heavy atom. The Labute approximate surface area is 236 Å². The summed E-state index contributed by atoms with van der Waals surface area (Å²) in [6, 6.07) is 5.99. The second kappa shape index (κ2) is 9.57. The second-order valence-corrected chi connectivity index (χ2v) is 11.6. The van der Waals surface area contributed by atoms with E-state index in [2.05, 4.69) is 4.90 Å². The van der Waals surface area contributed by atoms with Crippen LogP contribution in [0, 0.1) is 11.8 Å². The number of carbonyl (C=O) groups excluding carboxylic acids is 3. The number of hydrogen-bond acceptors (Lipinski definition) is 10. The van der Waals surface area contributed by atoms with Crippen molar-refractivity contribution in [3.8, 4) is 11.5 Å². The number of fused-ring (bicyclic) bond motifs is 4. The number of phenols is 1. The molecule has 0 saturated carbocycles. The van der Waals surface area contributed by atoms with Crippen LogP contribution in [-0.2, 0) is 16.0 Å². The molecule has 1 aliphatic heterocycles. The second-order valence-electron chi connectivity index (χ2n) is 11.6. The molecule has 2 aromatic carbocycles. The van der Waals surface area contributed by atoms with E-state index >= 15 is 0 Å². The van der Waals surface area contributed by atoms with E-state index in [1.54, 1.807) is 26.2 Å². The average molecular weight is 564 g/mol. The average Bonchev–Trinajstić information content (AvgIpc) is 2.88. The van der Waals surface area contributed by atoms with Gasteiger partial charge in [0.1, 0.15) is 35.2 Å². The number of allylic oxidation sites excluding steroid dienone is 1. The summed E-state index contributed by atoms with van der Waals surface area (Å²) in [6.45, 7) is 3.09. The lowest BCUT2D eigenvalue weighted by molar-refractivity contribution is -0.148. The van der Waals surface area contributed by atoms with Crippen LogP contribution >= 0.6 is 0 Å². The third kappa shape index (κ3) is 3.79. The number of benzene rings is 2. The maximum Gasteiger partial charge on any atom is 0.255 e. The Morgan fingerprint density at radius 2 is 1.83 bits per heavy atom. The summed E-state index contributed by atoms with van der Waals surface area (Å²) in [5.74, 6) is -6.28. The van der Waals surface area contributed by atoms with Crippen LogP contribution in [0.5, 0.6) is 11.5 Å². The zero-order valence-corrected chi connectivity index (χ0v) is 22.9. The van der Waals surface area contributed by atoms with Crippen LogP contribution in [0.4, 0.5) is 0 Å². The molecule has 1 heterocycles. The number of aliphatic hydroxyl groups excluding tert-OH is 2. The van der Waals surface area contributed by atoms with E-state index in [0.29, 0.717) is 35.2 Å².